The molecule has 0 bridgehead atoms. The molecule has 3 aliphatic heterocycles. The summed E-state index contributed by atoms with van der Waals surface area (Å²) in [5.74, 6) is 1.66. The molecule has 7 heteroatoms. The van der Waals surface area contributed by atoms with E-state index in [9.17, 15) is 4.79 Å². The van der Waals surface area contributed by atoms with Crippen molar-refractivity contribution in [3.8, 4) is 5.75 Å². The molecule has 0 amide bonds. The number of thioether (sulfide) groups is 1. The van der Waals surface area contributed by atoms with Crippen molar-refractivity contribution in [3.63, 3.8) is 0 Å². The Morgan fingerprint density at radius 3 is 2.93 bits per heavy atom. The quantitative estimate of drug-likeness (QED) is 0.855. The molecule has 1 aromatic carbocycles. The van der Waals surface area contributed by atoms with Gasteiger partial charge < -0.3 is 9.47 Å². The molecule has 27 heavy (non-hydrogen) atoms. The highest BCUT2D eigenvalue weighted by atomic mass is 32.2. The van der Waals surface area contributed by atoms with E-state index in [1.807, 2.05) is 35.9 Å². The molecule has 2 aromatic rings. The van der Waals surface area contributed by atoms with Crippen LogP contribution in [0.3, 0.4) is 0 Å². The van der Waals surface area contributed by atoms with Crippen LogP contribution < -0.4 is 10.3 Å². The summed E-state index contributed by atoms with van der Waals surface area (Å²) < 4.78 is 13.4. The second-order valence-electron chi connectivity index (χ2n) is 7.07. The first kappa shape index (κ1) is 16.9. The number of nitrogens with zero attached hydrogens (tertiary/aromatic N) is 2. The third-order valence-electron chi connectivity index (χ3n) is 5.30. The summed E-state index contributed by atoms with van der Waals surface area (Å²) in [6.07, 6.45) is 3.94. The van der Waals surface area contributed by atoms with E-state index in [4.69, 9.17) is 14.5 Å². The minimum absolute atomic E-state index is 0.0509. The highest BCUT2D eigenvalue weighted by Gasteiger charge is 2.34. The number of rotatable bonds is 2. The van der Waals surface area contributed by atoms with Crippen LogP contribution in [0.2, 0.25) is 0 Å². The Morgan fingerprint density at radius 2 is 2.07 bits per heavy atom. The Hall–Kier alpha value is -2.25. The van der Waals surface area contributed by atoms with Crippen LogP contribution in [0.1, 0.15) is 42.2 Å². The second kappa shape index (κ2) is 6.73. The zero-order valence-electron chi connectivity index (χ0n) is 15.1. The van der Waals surface area contributed by atoms with Gasteiger partial charge in [0.25, 0.3) is 5.56 Å². The predicted molar refractivity (Wildman–Crippen MR) is 107 cm³/mol. The summed E-state index contributed by atoms with van der Waals surface area (Å²) in [5, 5.41) is 3.94. The summed E-state index contributed by atoms with van der Waals surface area (Å²) in [6, 6.07) is 8.22. The molecular weight excluding hydrogens is 362 g/mol. The monoisotopic (exact) mass is 383 g/mol. The minimum Gasteiger partial charge on any atom is -0.489 e. The summed E-state index contributed by atoms with van der Waals surface area (Å²) in [5.41, 5.74) is 2.85. The number of aliphatic imine (C=N–C) groups is 1. The van der Waals surface area contributed by atoms with Gasteiger partial charge in [-0.3, -0.25) is 14.6 Å². The Labute approximate surface area is 161 Å². The molecule has 0 unspecified atom stereocenters. The van der Waals surface area contributed by atoms with Crippen molar-refractivity contribution in [2.45, 2.75) is 31.1 Å². The molecule has 4 heterocycles. The first-order valence-electron chi connectivity index (χ1n) is 9.27. The zero-order chi connectivity index (χ0) is 18.4. The molecule has 6 nitrogen and oxygen atoms in total. The van der Waals surface area contributed by atoms with E-state index in [1.54, 1.807) is 11.8 Å². The average molecular weight is 383 g/mol. The zero-order valence-corrected chi connectivity index (χ0v) is 15.9. The van der Waals surface area contributed by atoms with Gasteiger partial charge in [0.15, 0.2) is 5.82 Å². The highest BCUT2D eigenvalue weighted by molar-refractivity contribution is 8.14. The lowest BCUT2D eigenvalue weighted by atomic mass is 10.0. The molecule has 0 spiro atoms. The lowest BCUT2D eigenvalue weighted by molar-refractivity contribution is 0.0666. The second-order valence-corrected chi connectivity index (χ2v) is 8.36. The summed E-state index contributed by atoms with van der Waals surface area (Å²) in [4.78, 5) is 17.6. The number of H-pyrrole nitrogens is 1. The van der Waals surface area contributed by atoms with Crippen molar-refractivity contribution in [1.29, 1.82) is 0 Å². The van der Waals surface area contributed by atoms with Crippen LogP contribution in [0.25, 0.3) is 6.08 Å². The number of aromatic nitrogens is 2. The van der Waals surface area contributed by atoms with E-state index < -0.39 is 0 Å². The summed E-state index contributed by atoms with van der Waals surface area (Å²) in [7, 11) is 0. The van der Waals surface area contributed by atoms with Crippen LogP contribution in [0.5, 0.6) is 5.75 Å². The summed E-state index contributed by atoms with van der Waals surface area (Å²) in [6.45, 7) is 3.93. The van der Waals surface area contributed by atoms with E-state index >= 15 is 0 Å². The Bertz CT molecular complexity index is 998. The van der Waals surface area contributed by atoms with Gasteiger partial charge in [-0.05, 0) is 37.5 Å². The maximum absolute atomic E-state index is 12.9. The number of aromatic amines is 1. The lowest BCUT2D eigenvalue weighted by Crippen LogP contribution is -2.21. The van der Waals surface area contributed by atoms with Crippen LogP contribution >= 0.6 is 11.8 Å². The molecule has 1 saturated heterocycles. The molecule has 1 N–H and O–H groups in total. The van der Waals surface area contributed by atoms with Gasteiger partial charge in [0, 0.05) is 18.8 Å². The topological polar surface area (TPSA) is 68.6 Å². The Kier molecular flexibility index (Phi) is 4.21. The molecule has 1 fully saturated rings. The third kappa shape index (κ3) is 2.95. The van der Waals surface area contributed by atoms with Gasteiger partial charge >= 0.3 is 0 Å². The number of hydrogen-bond donors (Lipinski definition) is 1. The van der Waals surface area contributed by atoms with Gasteiger partial charge in [-0.2, -0.15) is 0 Å². The number of fused-ring (bicyclic) bond motifs is 2. The van der Waals surface area contributed by atoms with Crippen molar-refractivity contribution in [3.05, 3.63) is 51.3 Å². The van der Waals surface area contributed by atoms with Gasteiger partial charge in [0.05, 0.1) is 21.9 Å². The molecule has 1 aromatic heterocycles. The van der Waals surface area contributed by atoms with E-state index in [1.165, 1.54) is 0 Å². The Balaban J connectivity index is 1.58. The fourth-order valence-electron chi connectivity index (χ4n) is 3.96. The van der Waals surface area contributed by atoms with Crippen LogP contribution in [0.15, 0.2) is 39.6 Å². The van der Waals surface area contributed by atoms with E-state index in [0.717, 1.165) is 59.4 Å². The van der Waals surface area contributed by atoms with Gasteiger partial charge in [-0.15, -0.1) is 0 Å². The van der Waals surface area contributed by atoms with Crippen molar-refractivity contribution in [2.75, 3.05) is 19.8 Å². The number of ether oxygens (including phenoxy) is 2. The highest BCUT2D eigenvalue weighted by Crippen LogP contribution is 2.46. The van der Waals surface area contributed by atoms with Crippen molar-refractivity contribution in [2.24, 2.45) is 4.99 Å². The lowest BCUT2D eigenvalue weighted by Gasteiger charge is -2.28. The van der Waals surface area contributed by atoms with Gasteiger partial charge in [-0.1, -0.05) is 30.0 Å². The maximum Gasteiger partial charge on any atom is 0.271 e. The number of hydrogen-bond acceptors (Lipinski definition) is 5. The fraction of sp³-hybridized carbons (Fsp3) is 0.400. The molecule has 0 saturated carbocycles. The number of para-hydroxylation sites is 1. The molecule has 5 rings (SSSR count). The maximum atomic E-state index is 12.9. The van der Waals surface area contributed by atoms with Gasteiger partial charge in [0.2, 0.25) is 0 Å². The molecule has 3 aliphatic rings. The standard InChI is InChI=1S/C20H21N3O3S/c1-12-21-19-17(20(24)22-23(19)15-6-8-25-9-7-15)18(27-12)14-10-13-4-2-3-5-16(13)26-11-14/h2-5,10,15,18H,6-9,11H2,1H3,(H,22,24)/t18-/m1/s1. The minimum atomic E-state index is -0.0734. The Morgan fingerprint density at radius 1 is 1.26 bits per heavy atom. The first-order valence-corrected chi connectivity index (χ1v) is 10.1. The molecule has 0 radical (unpaired) electrons. The summed E-state index contributed by atoms with van der Waals surface area (Å²) >= 11 is 1.63. The smallest absolute Gasteiger partial charge is 0.271 e. The third-order valence-corrected chi connectivity index (χ3v) is 6.50. The van der Waals surface area contributed by atoms with E-state index in [-0.39, 0.29) is 16.9 Å². The van der Waals surface area contributed by atoms with Crippen LogP contribution in [-0.4, -0.2) is 34.6 Å². The fourth-order valence-corrected chi connectivity index (χ4v) is 5.06. The number of nitrogens with one attached hydrogen (secondary N) is 1. The van der Waals surface area contributed by atoms with Crippen LogP contribution in [0.4, 0.5) is 5.82 Å². The molecule has 140 valence electrons. The number of benzene rings is 1. The van der Waals surface area contributed by atoms with Crippen molar-refractivity contribution < 1.29 is 9.47 Å². The SMILES string of the molecule is CC1=Nc2c(c(=O)[nH]n2C2CCOCC2)[C@@H](C2=Cc3ccccc3OC2)S1. The molecular formula is C20H21N3O3S. The normalized spacial score (nSPS) is 22.3. The van der Waals surface area contributed by atoms with Crippen LogP contribution in [-0.2, 0) is 4.74 Å². The average Bonchev–Trinajstić information content (AvgIpc) is 3.04. The van der Waals surface area contributed by atoms with E-state index in [0.29, 0.717) is 6.61 Å². The molecule has 0 aliphatic carbocycles. The molecule has 1 atom stereocenters. The van der Waals surface area contributed by atoms with Crippen molar-refractivity contribution in [1.82, 2.24) is 9.78 Å². The van der Waals surface area contributed by atoms with Crippen LogP contribution in [0, 0.1) is 0 Å². The van der Waals surface area contributed by atoms with Crippen molar-refractivity contribution >= 4 is 28.7 Å². The van der Waals surface area contributed by atoms with Gasteiger partial charge in [0.1, 0.15) is 12.4 Å². The van der Waals surface area contributed by atoms with E-state index in [2.05, 4.69) is 11.2 Å². The van der Waals surface area contributed by atoms with Gasteiger partial charge in [-0.25, -0.2) is 4.99 Å². The predicted octanol–water partition coefficient (Wildman–Crippen LogP) is 3.84. The largest absolute Gasteiger partial charge is 0.489 e. The first-order chi connectivity index (χ1) is 13.2.